The highest BCUT2D eigenvalue weighted by atomic mass is 16.2. The Bertz CT molecular complexity index is 255. The van der Waals surface area contributed by atoms with Gasteiger partial charge in [-0.3, -0.25) is 4.79 Å². The molecule has 4 heteroatoms. The molecule has 16 heavy (non-hydrogen) atoms. The molecule has 0 aromatic heterocycles. The van der Waals surface area contributed by atoms with Gasteiger partial charge in [0, 0.05) is 20.1 Å². The Balaban J connectivity index is 2.36. The lowest BCUT2D eigenvalue weighted by Gasteiger charge is -2.23. The molecule has 1 heterocycles. The fourth-order valence-electron chi connectivity index (χ4n) is 2.22. The predicted molar refractivity (Wildman–Crippen MR) is 66.0 cm³/mol. The molecule has 0 radical (unpaired) electrons. The van der Waals surface area contributed by atoms with Gasteiger partial charge in [0.2, 0.25) is 5.91 Å². The van der Waals surface area contributed by atoms with Crippen molar-refractivity contribution in [2.24, 2.45) is 11.7 Å². The number of likely N-dealkylation sites (tertiary alicyclic amines) is 1. The Kier molecular flexibility index (Phi) is 4.96. The van der Waals surface area contributed by atoms with Gasteiger partial charge in [0.25, 0.3) is 0 Å². The van der Waals surface area contributed by atoms with Crippen molar-refractivity contribution >= 4 is 5.91 Å². The first-order valence-corrected chi connectivity index (χ1v) is 5.84. The fourth-order valence-corrected chi connectivity index (χ4v) is 2.22. The lowest BCUT2D eigenvalue weighted by atomic mass is 10.1. The number of carbonyl (C=O) groups excluding carboxylic acids is 1. The van der Waals surface area contributed by atoms with Gasteiger partial charge in [0.05, 0.1) is 6.04 Å². The minimum Gasteiger partial charge on any atom is -0.344 e. The van der Waals surface area contributed by atoms with E-state index in [1.54, 1.807) is 11.0 Å². The Morgan fingerprint density at radius 3 is 2.94 bits per heavy atom. The van der Waals surface area contributed by atoms with Gasteiger partial charge in [-0.15, -0.1) is 6.58 Å². The van der Waals surface area contributed by atoms with Crippen LogP contribution in [0.15, 0.2) is 12.7 Å². The van der Waals surface area contributed by atoms with E-state index < -0.39 is 6.04 Å². The van der Waals surface area contributed by atoms with Gasteiger partial charge in [0.15, 0.2) is 0 Å². The van der Waals surface area contributed by atoms with Gasteiger partial charge in [-0.1, -0.05) is 6.08 Å². The second-order valence-corrected chi connectivity index (χ2v) is 4.77. The minimum atomic E-state index is -0.429. The molecular weight excluding hydrogens is 202 g/mol. The maximum atomic E-state index is 11.8. The number of nitrogens with two attached hydrogens (primary N) is 1. The van der Waals surface area contributed by atoms with Gasteiger partial charge in [-0.2, -0.15) is 0 Å². The molecule has 0 aliphatic carbocycles. The summed E-state index contributed by atoms with van der Waals surface area (Å²) in [7, 11) is 3.95. The van der Waals surface area contributed by atoms with Crippen molar-refractivity contribution in [1.82, 2.24) is 9.80 Å². The van der Waals surface area contributed by atoms with Crippen LogP contribution in [0.25, 0.3) is 0 Å². The van der Waals surface area contributed by atoms with Crippen LogP contribution in [0, 0.1) is 5.92 Å². The van der Waals surface area contributed by atoms with E-state index in [0.717, 1.165) is 19.6 Å². The maximum absolute atomic E-state index is 11.8. The molecule has 1 aliphatic rings. The monoisotopic (exact) mass is 225 g/mol. The molecule has 0 aromatic carbocycles. The van der Waals surface area contributed by atoms with Crippen LogP contribution < -0.4 is 5.73 Å². The molecule has 0 bridgehead atoms. The van der Waals surface area contributed by atoms with Crippen molar-refractivity contribution in [3.63, 3.8) is 0 Å². The van der Waals surface area contributed by atoms with Crippen LogP contribution in [0.3, 0.4) is 0 Å². The Morgan fingerprint density at radius 2 is 2.44 bits per heavy atom. The van der Waals surface area contributed by atoms with Crippen molar-refractivity contribution in [3.8, 4) is 0 Å². The summed E-state index contributed by atoms with van der Waals surface area (Å²) in [6.45, 7) is 6.62. The van der Waals surface area contributed by atoms with Crippen LogP contribution in [-0.4, -0.2) is 55.5 Å². The summed E-state index contributed by atoms with van der Waals surface area (Å²) in [5.74, 6) is 0.615. The van der Waals surface area contributed by atoms with Crippen LogP contribution in [0.1, 0.15) is 12.8 Å². The molecule has 1 amide bonds. The van der Waals surface area contributed by atoms with Crippen LogP contribution in [-0.2, 0) is 4.79 Å². The van der Waals surface area contributed by atoms with E-state index in [0.29, 0.717) is 12.3 Å². The lowest BCUT2D eigenvalue weighted by Crippen LogP contribution is -2.43. The van der Waals surface area contributed by atoms with Crippen molar-refractivity contribution in [1.29, 1.82) is 0 Å². The number of rotatable bonds is 5. The molecule has 0 saturated carbocycles. The largest absolute Gasteiger partial charge is 0.344 e. The average molecular weight is 225 g/mol. The van der Waals surface area contributed by atoms with Crippen LogP contribution in [0.5, 0.6) is 0 Å². The molecule has 1 saturated heterocycles. The standard InChI is InChI=1S/C12H23N3O/c1-4-5-11(13)12(16)15(3)9-10-6-7-14(2)8-10/h4,10-11H,1,5-9,13H2,2-3H3. The fraction of sp³-hybridized carbons (Fsp3) is 0.750. The van der Waals surface area contributed by atoms with E-state index >= 15 is 0 Å². The highest BCUT2D eigenvalue weighted by Gasteiger charge is 2.24. The zero-order valence-electron chi connectivity index (χ0n) is 10.4. The molecule has 92 valence electrons. The SMILES string of the molecule is C=CCC(N)C(=O)N(C)CC1CCN(C)C1. The molecular formula is C12H23N3O. The maximum Gasteiger partial charge on any atom is 0.239 e. The molecule has 1 aliphatic heterocycles. The third-order valence-electron chi connectivity index (χ3n) is 3.14. The topological polar surface area (TPSA) is 49.6 Å². The highest BCUT2D eigenvalue weighted by Crippen LogP contribution is 2.15. The molecule has 4 nitrogen and oxygen atoms in total. The third-order valence-corrected chi connectivity index (χ3v) is 3.14. The van der Waals surface area contributed by atoms with E-state index in [1.807, 2.05) is 7.05 Å². The molecule has 2 unspecified atom stereocenters. The Morgan fingerprint density at radius 1 is 1.75 bits per heavy atom. The molecule has 1 rings (SSSR count). The van der Waals surface area contributed by atoms with Crippen molar-refractivity contribution in [2.75, 3.05) is 33.7 Å². The lowest BCUT2D eigenvalue weighted by molar-refractivity contribution is -0.131. The summed E-state index contributed by atoms with van der Waals surface area (Å²) in [6.07, 6.45) is 3.41. The summed E-state index contributed by atoms with van der Waals surface area (Å²) in [5.41, 5.74) is 5.76. The van der Waals surface area contributed by atoms with Gasteiger partial charge in [0.1, 0.15) is 0 Å². The Hall–Kier alpha value is -0.870. The Labute approximate surface area is 98.1 Å². The number of carbonyl (C=O) groups is 1. The van der Waals surface area contributed by atoms with E-state index in [4.69, 9.17) is 5.73 Å². The van der Waals surface area contributed by atoms with Gasteiger partial charge in [-0.25, -0.2) is 0 Å². The quantitative estimate of drug-likeness (QED) is 0.685. The van der Waals surface area contributed by atoms with Crippen LogP contribution in [0.4, 0.5) is 0 Å². The molecule has 0 spiro atoms. The minimum absolute atomic E-state index is 0.0226. The number of nitrogens with zero attached hydrogens (tertiary/aromatic N) is 2. The summed E-state index contributed by atoms with van der Waals surface area (Å²) < 4.78 is 0. The van der Waals surface area contributed by atoms with Crippen molar-refractivity contribution < 1.29 is 4.79 Å². The predicted octanol–water partition coefficient (Wildman–Crippen LogP) is 0.300. The van der Waals surface area contributed by atoms with Gasteiger partial charge in [-0.05, 0) is 32.4 Å². The second kappa shape index (κ2) is 6.01. The third kappa shape index (κ3) is 3.61. The molecule has 2 atom stereocenters. The second-order valence-electron chi connectivity index (χ2n) is 4.77. The van der Waals surface area contributed by atoms with Gasteiger partial charge < -0.3 is 15.5 Å². The molecule has 0 aromatic rings. The van der Waals surface area contributed by atoms with Gasteiger partial charge >= 0.3 is 0 Å². The van der Waals surface area contributed by atoms with Crippen LogP contribution >= 0.6 is 0 Å². The van der Waals surface area contributed by atoms with Crippen LogP contribution in [0.2, 0.25) is 0 Å². The summed E-state index contributed by atoms with van der Waals surface area (Å²) in [6, 6.07) is -0.429. The smallest absolute Gasteiger partial charge is 0.239 e. The first-order valence-electron chi connectivity index (χ1n) is 5.84. The van der Waals surface area contributed by atoms with E-state index in [-0.39, 0.29) is 5.91 Å². The zero-order chi connectivity index (χ0) is 12.1. The zero-order valence-corrected chi connectivity index (χ0v) is 10.4. The average Bonchev–Trinajstić information content (AvgIpc) is 2.63. The van der Waals surface area contributed by atoms with Crippen molar-refractivity contribution in [3.05, 3.63) is 12.7 Å². The number of likely N-dealkylation sites (N-methyl/N-ethyl adjacent to an activating group) is 1. The van der Waals surface area contributed by atoms with Crippen molar-refractivity contribution in [2.45, 2.75) is 18.9 Å². The summed E-state index contributed by atoms with van der Waals surface area (Å²) in [4.78, 5) is 15.9. The first kappa shape index (κ1) is 13.2. The number of hydrogen-bond donors (Lipinski definition) is 1. The highest BCUT2D eigenvalue weighted by molar-refractivity contribution is 5.81. The summed E-state index contributed by atoms with van der Waals surface area (Å²) >= 11 is 0. The molecule has 1 fully saturated rings. The van der Waals surface area contributed by atoms with E-state index in [2.05, 4.69) is 18.5 Å². The first-order chi connectivity index (χ1) is 7.54. The normalized spacial score (nSPS) is 23.1. The van der Waals surface area contributed by atoms with E-state index in [9.17, 15) is 4.79 Å². The molecule has 2 N–H and O–H groups in total. The summed E-state index contributed by atoms with van der Waals surface area (Å²) in [5, 5.41) is 0. The van der Waals surface area contributed by atoms with E-state index in [1.165, 1.54) is 6.42 Å². The number of hydrogen-bond acceptors (Lipinski definition) is 3. The number of amides is 1.